The molecule has 0 fully saturated rings. The minimum atomic E-state index is -0.792. The maximum Gasteiger partial charge on any atom is 0.303 e. The van der Waals surface area contributed by atoms with Gasteiger partial charge in [0.2, 0.25) is 0 Å². The van der Waals surface area contributed by atoms with Gasteiger partial charge in [0.1, 0.15) is 0 Å². The van der Waals surface area contributed by atoms with Gasteiger partial charge >= 0.3 is 5.97 Å². The number of nitriles is 1. The van der Waals surface area contributed by atoms with Crippen molar-refractivity contribution in [2.24, 2.45) is 0 Å². The molecular formula is C12H11NO2. The van der Waals surface area contributed by atoms with Gasteiger partial charge in [0, 0.05) is 6.42 Å². The van der Waals surface area contributed by atoms with Crippen LogP contribution in [0.2, 0.25) is 0 Å². The first-order chi connectivity index (χ1) is 7.22. The van der Waals surface area contributed by atoms with Crippen LogP contribution < -0.4 is 0 Å². The first-order valence-corrected chi connectivity index (χ1v) is 4.61. The van der Waals surface area contributed by atoms with Crippen molar-refractivity contribution in [1.82, 2.24) is 0 Å². The van der Waals surface area contributed by atoms with Gasteiger partial charge in [0.05, 0.1) is 11.6 Å². The summed E-state index contributed by atoms with van der Waals surface area (Å²) in [6, 6.07) is 9.16. The van der Waals surface area contributed by atoms with E-state index in [0.29, 0.717) is 12.0 Å². The number of nitrogens with zero attached hydrogens (tertiary/aromatic N) is 1. The Morgan fingerprint density at radius 2 is 2.07 bits per heavy atom. The molecule has 3 heteroatoms. The van der Waals surface area contributed by atoms with Crippen LogP contribution in [0.25, 0.3) is 6.08 Å². The Kier molecular flexibility index (Phi) is 4.11. The number of carbonyl (C=O) groups is 1. The molecule has 1 aromatic rings. The Morgan fingerprint density at radius 3 is 2.60 bits per heavy atom. The molecular weight excluding hydrogens is 190 g/mol. The number of benzene rings is 1. The number of aliphatic carboxylic acids is 1. The lowest BCUT2D eigenvalue weighted by molar-refractivity contribution is -0.136. The molecule has 76 valence electrons. The number of allylic oxidation sites excluding steroid dienone is 1. The predicted molar refractivity (Wildman–Crippen MR) is 57.1 cm³/mol. The average molecular weight is 201 g/mol. The molecule has 1 rings (SSSR count). The molecule has 0 aromatic heterocycles. The second-order valence-electron chi connectivity index (χ2n) is 3.07. The predicted octanol–water partition coefficient (Wildman–Crippen LogP) is 2.44. The van der Waals surface area contributed by atoms with E-state index in [1.165, 1.54) is 0 Å². The van der Waals surface area contributed by atoms with Crippen molar-refractivity contribution in [2.45, 2.75) is 12.8 Å². The van der Waals surface area contributed by atoms with Gasteiger partial charge in [-0.2, -0.15) is 5.26 Å². The van der Waals surface area contributed by atoms with Crippen molar-refractivity contribution < 1.29 is 9.90 Å². The molecule has 3 nitrogen and oxygen atoms in total. The van der Waals surface area contributed by atoms with E-state index >= 15 is 0 Å². The molecule has 0 saturated heterocycles. The summed E-state index contributed by atoms with van der Waals surface area (Å²) in [7, 11) is 0. The molecule has 0 unspecified atom stereocenters. The highest BCUT2D eigenvalue weighted by molar-refractivity contribution is 5.67. The summed E-state index contributed by atoms with van der Waals surface area (Å²) in [5.41, 5.74) is 1.59. The van der Waals surface area contributed by atoms with Gasteiger partial charge in [-0.05, 0) is 24.1 Å². The van der Waals surface area contributed by atoms with E-state index in [0.717, 1.165) is 5.56 Å². The zero-order valence-corrected chi connectivity index (χ0v) is 8.18. The monoisotopic (exact) mass is 201 g/mol. The Morgan fingerprint density at radius 1 is 1.40 bits per heavy atom. The second-order valence-corrected chi connectivity index (χ2v) is 3.07. The summed E-state index contributed by atoms with van der Waals surface area (Å²) in [5, 5.41) is 17.0. The number of hydrogen-bond donors (Lipinski definition) is 1. The summed E-state index contributed by atoms with van der Waals surface area (Å²) < 4.78 is 0. The van der Waals surface area contributed by atoms with Crippen LogP contribution in [0.3, 0.4) is 0 Å². The third-order valence-corrected chi connectivity index (χ3v) is 1.87. The lowest BCUT2D eigenvalue weighted by Gasteiger charge is -1.93. The number of hydrogen-bond acceptors (Lipinski definition) is 2. The fourth-order valence-corrected chi connectivity index (χ4v) is 1.09. The SMILES string of the molecule is N#Cc1ccc(/C=C/CCC(=O)O)cc1. The zero-order valence-electron chi connectivity index (χ0n) is 8.18. The van der Waals surface area contributed by atoms with E-state index in [9.17, 15) is 4.79 Å². The topological polar surface area (TPSA) is 61.1 Å². The van der Waals surface area contributed by atoms with Gasteiger partial charge in [0.25, 0.3) is 0 Å². The largest absolute Gasteiger partial charge is 0.481 e. The summed E-state index contributed by atoms with van der Waals surface area (Å²) >= 11 is 0. The van der Waals surface area contributed by atoms with Crippen LogP contribution in [0.15, 0.2) is 30.3 Å². The van der Waals surface area contributed by atoms with Crippen LogP contribution in [-0.2, 0) is 4.79 Å². The number of carboxylic acid groups (broad SMARTS) is 1. The third-order valence-electron chi connectivity index (χ3n) is 1.87. The first kappa shape index (κ1) is 11.0. The molecule has 0 aliphatic heterocycles. The number of rotatable bonds is 4. The Labute approximate surface area is 88.3 Å². The molecule has 1 aromatic carbocycles. The van der Waals surface area contributed by atoms with E-state index in [-0.39, 0.29) is 6.42 Å². The third kappa shape index (κ3) is 4.10. The minimum Gasteiger partial charge on any atom is -0.481 e. The van der Waals surface area contributed by atoms with Gasteiger partial charge in [-0.25, -0.2) is 0 Å². The molecule has 0 amide bonds. The van der Waals surface area contributed by atoms with Crippen molar-refractivity contribution >= 4 is 12.0 Å². The van der Waals surface area contributed by atoms with E-state index in [1.54, 1.807) is 12.1 Å². The van der Waals surface area contributed by atoms with Gasteiger partial charge in [-0.1, -0.05) is 24.3 Å². The van der Waals surface area contributed by atoms with Crippen LogP contribution in [0, 0.1) is 11.3 Å². The fraction of sp³-hybridized carbons (Fsp3) is 0.167. The van der Waals surface area contributed by atoms with Gasteiger partial charge in [-0.3, -0.25) is 4.79 Å². The van der Waals surface area contributed by atoms with Crippen LogP contribution >= 0.6 is 0 Å². The van der Waals surface area contributed by atoms with Crippen molar-refractivity contribution in [1.29, 1.82) is 5.26 Å². The lowest BCUT2D eigenvalue weighted by atomic mass is 10.1. The van der Waals surface area contributed by atoms with Gasteiger partial charge in [-0.15, -0.1) is 0 Å². The Hall–Kier alpha value is -2.08. The smallest absolute Gasteiger partial charge is 0.303 e. The molecule has 1 N–H and O–H groups in total. The van der Waals surface area contributed by atoms with E-state index < -0.39 is 5.97 Å². The molecule has 0 heterocycles. The van der Waals surface area contributed by atoms with Crippen molar-refractivity contribution in [2.75, 3.05) is 0 Å². The zero-order chi connectivity index (χ0) is 11.1. The van der Waals surface area contributed by atoms with Crippen LogP contribution in [-0.4, -0.2) is 11.1 Å². The standard InChI is InChI=1S/C12H11NO2/c13-9-11-7-5-10(6-8-11)3-1-2-4-12(14)15/h1,3,5-8H,2,4H2,(H,14,15)/b3-1+. The van der Waals surface area contributed by atoms with E-state index in [4.69, 9.17) is 10.4 Å². The van der Waals surface area contributed by atoms with Crippen LogP contribution in [0.1, 0.15) is 24.0 Å². The summed E-state index contributed by atoms with van der Waals surface area (Å²) in [5.74, 6) is -0.792. The highest BCUT2D eigenvalue weighted by atomic mass is 16.4. The average Bonchev–Trinajstić information content (AvgIpc) is 2.25. The van der Waals surface area contributed by atoms with Crippen molar-refractivity contribution in [3.8, 4) is 6.07 Å². The fourth-order valence-electron chi connectivity index (χ4n) is 1.09. The normalized spacial score (nSPS) is 10.1. The van der Waals surface area contributed by atoms with Crippen molar-refractivity contribution in [3.05, 3.63) is 41.5 Å². The molecule has 0 saturated carbocycles. The van der Waals surface area contributed by atoms with E-state index in [1.807, 2.05) is 30.4 Å². The van der Waals surface area contributed by atoms with Crippen molar-refractivity contribution in [3.63, 3.8) is 0 Å². The molecule has 0 aliphatic rings. The Bertz CT molecular complexity index is 399. The molecule has 0 radical (unpaired) electrons. The molecule has 0 spiro atoms. The highest BCUT2D eigenvalue weighted by Crippen LogP contribution is 2.06. The molecule has 15 heavy (non-hydrogen) atoms. The van der Waals surface area contributed by atoms with Crippen LogP contribution in [0.5, 0.6) is 0 Å². The lowest BCUT2D eigenvalue weighted by Crippen LogP contribution is -1.91. The van der Waals surface area contributed by atoms with Gasteiger partial charge < -0.3 is 5.11 Å². The maximum atomic E-state index is 10.2. The van der Waals surface area contributed by atoms with Crippen LogP contribution in [0.4, 0.5) is 0 Å². The quantitative estimate of drug-likeness (QED) is 0.813. The summed E-state index contributed by atoms with van der Waals surface area (Å²) in [6.07, 6.45) is 4.34. The first-order valence-electron chi connectivity index (χ1n) is 4.61. The molecule has 0 atom stereocenters. The molecule has 0 bridgehead atoms. The number of carboxylic acids is 1. The summed E-state index contributed by atoms with van der Waals surface area (Å²) in [4.78, 5) is 10.2. The van der Waals surface area contributed by atoms with Gasteiger partial charge in [0.15, 0.2) is 0 Å². The molecule has 0 aliphatic carbocycles. The maximum absolute atomic E-state index is 10.2. The second kappa shape index (κ2) is 5.61. The van der Waals surface area contributed by atoms with E-state index in [2.05, 4.69) is 0 Å². The minimum absolute atomic E-state index is 0.146. The highest BCUT2D eigenvalue weighted by Gasteiger charge is 1.92. The Balaban J connectivity index is 2.50. The summed E-state index contributed by atoms with van der Waals surface area (Å²) in [6.45, 7) is 0.